The molecule has 0 aliphatic rings. The van der Waals surface area contributed by atoms with Crippen molar-refractivity contribution in [2.75, 3.05) is 20.3 Å². The first-order chi connectivity index (χ1) is 9.93. The molecule has 0 unspecified atom stereocenters. The Bertz CT molecular complexity index is 502. The molecule has 0 bridgehead atoms. The van der Waals surface area contributed by atoms with Gasteiger partial charge in [0.1, 0.15) is 0 Å². The summed E-state index contributed by atoms with van der Waals surface area (Å²) in [7, 11) is 1.51. The van der Waals surface area contributed by atoms with Gasteiger partial charge in [-0.3, -0.25) is 4.79 Å². The number of benzene rings is 1. The summed E-state index contributed by atoms with van der Waals surface area (Å²) in [6, 6.07) is 5.32. The van der Waals surface area contributed by atoms with Gasteiger partial charge in [0.2, 0.25) is 0 Å². The number of aryl methyl sites for hydroxylation is 1. The highest BCUT2D eigenvalue weighted by Crippen LogP contribution is 2.27. The molecule has 1 amide bonds. The Balaban J connectivity index is 2.38. The van der Waals surface area contributed by atoms with E-state index in [-0.39, 0.29) is 19.6 Å². The first-order valence-corrected chi connectivity index (χ1v) is 6.39. The average molecular weight is 297 g/mol. The first kappa shape index (κ1) is 16.8. The molecule has 0 fully saturated rings. The van der Waals surface area contributed by atoms with Crippen LogP contribution < -0.4 is 14.8 Å². The van der Waals surface area contributed by atoms with Crippen LogP contribution in [0.2, 0.25) is 0 Å². The Labute approximate surface area is 122 Å². The zero-order valence-corrected chi connectivity index (χ0v) is 12.0. The number of aliphatic hydroxyl groups is 1. The second kappa shape index (κ2) is 8.11. The van der Waals surface area contributed by atoms with Crippen molar-refractivity contribution < 1.29 is 29.3 Å². The summed E-state index contributed by atoms with van der Waals surface area (Å²) in [6.07, 6.45) is -1.54. The maximum Gasteiger partial charge on any atom is 0.332 e. The third-order valence-corrected chi connectivity index (χ3v) is 2.70. The number of hydrogen-bond donors (Lipinski definition) is 3. The highest BCUT2D eigenvalue weighted by atomic mass is 16.5. The minimum atomic E-state index is -1.48. The van der Waals surface area contributed by atoms with E-state index < -0.39 is 18.0 Å². The topological polar surface area (TPSA) is 105 Å². The molecule has 1 aromatic rings. The first-order valence-electron chi connectivity index (χ1n) is 6.39. The number of rotatable bonds is 8. The Morgan fingerprint density at radius 1 is 1.33 bits per heavy atom. The summed E-state index contributed by atoms with van der Waals surface area (Å²) in [5.41, 5.74) is 1.01. The molecule has 1 rings (SSSR count). The molecule has 7 heteroatoms. The molecule has 1 aromatic carbocycles. The molecular weight excluding hydrogens is 278 g/mol. The molecule has 0 heterocycles. The second-order valence-electron chi connectivity index (χ2n) is 4.44. The van der Waals surface area contributed by atoms with Gasteiger partial charge in [0.05, 0.1) is 7.11 Å². The molecule has 0 aromatic heterocycles. The van der Waals surface area contributed by atoms with Crippen molar-refractivity contribution in [1.29, 1.82) is 0 Å². The van der Waals surface area contributed by atoms with Gasteiger partial charge in [-0.25, -0.2) is 4.79 Å². The number of aliphatic hydroxyl groups excluding tert-OH is 1. The Hall–Kier alpha value is -2.28. The lowest BCUT2D eigenvalue weighted by Crippen LogP contribution is -2.33. The minimum absolute atomic E-state index is 0.0562. The van der Waals surface area contributed by atoms with Gasteiger partial charge in [0.25, 0.3) is 5.91 Å². The van der Waals surface area contributed by atoms with Crippen molar-refractivity contribution in [2.45, 2.75) is 19.4 Å². The van der Waals surface area contributed by atoms with Crippen LogP contribution in [-0.2, 0) is 9.59 Å². The van der Waals surface area contributed by atoms with Gasteiger partial charge in [-0.2, -0.15) is 0 Å². The highest BCUT2D eigenvalue weighted by molar-refractivity contribution is 5.77. The van der Waals surface area contributed by atoms with Crippen molar-refractivity contribution in [3.8, 4) is 11.5 Å². The van der Waals surface area contributed by atoms with Gasteiger partial charge in [0, 0.05) is 13.0 Å². The standard InChI is InChI=1S/C14H19NO6/c1-9-3-4-11(12(7-9)20-2)21-8-13(17)15-6-5-10(16)14(18)19/h3-4,7,10,16H,5-6,8H2,1-2H3,(H,15,17)(H,18,19)/t10-/m0/s1. The number of nitrogens with one attached hydrogen (secondary N) is 1. The van der Waals surface area contributed by atoms with E-state index in [9.17, 15) is 9.59 Å². The predicted octanol–water partition coefficient (Wildman–Crippen LogP) is 0.334. The van der Waals surface area contributed by atoms with Gasteiger partial charge >= 0.3 is 5.97 Å². The Morgan fingerprint density at radius 2 is 2.05 bits per heavy atom. The van der Waals surface area contributed by atoms with Crippen LogP contribution >= 0.6 is 0 Å². The van der Waals surface area contributed by atoms with Crippen LogP contribution in [0.4, 0.5) is 0 Å². The number of ether oxygens (including phenoxy) is 2. The molecule has 0 saturated carbocycles. The van der Waals surface area contributed by atoms with Crippen LogP contribution in [0.5, 0.6) is 11.5 Å². The Morgan fingerprint density at radius 3 is 2.67 bits per heavy atom. The lowest BCUT2D eigenvalue weighted by atomic mass is 10.2. The largest absolute Gasteiger partial charge is 0.493 e. The lowest BCUT2D eigenvalue weighted by molar-refractivity contribution is -0.147. The minimum Gasteiger partial charge on any atom is -0.493 e. The predicted molar refractivity (Wildman–Crippen MR) is 74.5 cm³/mol. The van der Waals surface area contributed by atoms with Gasteiger partial charge in [-0.15, -0.1) is 0 Å². The van der Waals surface area contributed by atoms with Crippen LogP contribution in [0, 0.1) is 6.92 Å². The number of carbonyl (C=O) groups excluding carboxylic acids is 1. The van der Waals surface area contributed by atoms with Gasteiger partial charge < -0.3 is 25.0 Å². The zero-order chi connectivity index (χ0) is 15.8. The fourth-order valence-corrected chi connectivity index (χ4v) is 1.56. The van der Waals surface area contributed by atoms with E-state index in [4.69, 9.17) is 19.7 Å². The van der Waals surface area contributed by atoms with Crippen LogP contribution in [0.1, 0.15) is 12.0 Å². The molecular formula is C14H19NO6. The summed E-state index contributed by atoms with van der Waals surface area (Å²) in [4.78, 5) is 21.9. The van der Waals surface area contributed by atoms with Crippen molar-refractivity contribution in [2.24, 2.45) is 0 Å². The number of methoxy groups -OCH3 is 1. The fraction of sp³-hybridized carbons (Fsp3) is 0.429. The number of amides is 1. The zero-order valence-electron chi connectivity index (χ0n) is 12.0. The van der Waals surface area contributed by atoms with Crippen molar-refractivity contribution in [3.63, 3.8) is 0 Å². The molecule has 1 atom stereocenters. The van der Waals surface area contributed by atoms with Crippen molar-refractivity contribution in [1.82, 2.24) is 5.32 Å². The van der Waals surface area contributed by atoms with Crippen LogP contribution in [0.25, 0.3) is 0 Å². The molecule has 116 valence electrons. The van der Waals surface area contributed by atoms with Crippen LogP contribution in [-0.4, -0.2) is 48.5 Å². The summed E-state index contributed by atoms with van der Waals surface area (Å²) >= 11 is 0. The summed E-state index contributed by atoms with van der Waals surface area (Å²) in [5.74, 6) is -0.743. The van der Waals surface area contributed by atoms with Crippen LogP contribution in [0.3, 0.4) is 0 Å². The monoisotopic (exact) mass is 297 g/mol. The Kier molecular flexibility index (Phi) is 6.48. The maximum absolute atomic E-state index is 11.5. The lowest BCUT2D eigenvalue weighted by Gasteiger charge is -2.11. The third kappa shape index (κ3) is 5.70. The quantitative estimate of drug-likeness (QED) is 0.639. The summed E-state index contributed by atoms with van der Waals surface area (Å²) in [6.45, 7) is 1.75. The van der Waals surface area contributed by atoms with E-state index >= 15 is 0 Å². The summed E-state index contributed by atoms with van der Waals surface area (Å²) < 4.78 is 10.5. The highest BCUT2D eigenvalue weighted by Gasteiger charge is 2.13. The molecule has 21 heavy (non-hydrogen) atoms. The molecule has 0 saturated heterocycles. The van der Waals surface area contributed by atoms with E-state index in [0.29, 0.717) is 11.5 Å². The maximum atomic E-state index is 11.5. The van der Waals surface area contributed by atoms with Gasteiger partial charge in [0.15, 0.2) is 24.2 Å². The van der Waals surface area contributed by atoms with E-state index in [1.165, 1.54) is 7.11 Å². The van der Waals surface area contributed by atoms with Gasteiger partial charge in [-0.1, -0.05) is 6.07 Å². The van der Waals surface area contributed by atoms with Crippen molar-refractivity contribution in [3.05, 3.63) is 23.8 Å². The van der Waals surface area contributed by atoms with E-state index in [1.54, 1.807) is 12.1 Å². The number of carboxylic acids is 1. The number of carboxylic acid groups (broad SMARTS) is 1. The second-order valence-corrected chi connectivity index (χ2v) is 4.44. The number of aliphatic carboxylic acids is 1. The molecule has 7 nitrogen and oxygen atoms in total. The molecule has 0 spiro atoms. The number of hydrogen-bond acceptors (Lipinski definition) is 5. The van der Waals surface area contributed by atoms with Crippen molar-refractivity contribution >= 4 is 11.9 Å². The summed E-state index contributed by atoms with van der Waals surface area (Å²) in [5, 5.41) is 20.0. The fourth-order valence-electron chi connectivity index (χ4n) is 1.56. The van der Waals surface area contributed by atoms with E-state index in [0.717, 1.165) is 5.56 Å². The smallest absolute Gasteiger partial charge is 0.332 e. The van der Waals surface area contributed by atoms with E-state index in [2.05, 4.69) is 5.32 Å². The SMILES string of the molecule is COc1cc(C)ccc1OCC(=O)NCC[C@H](O)C(=O)O. The van der Waals surface area contributed by atoms with E-state index in [1.807, 2.05) is 13.0 Å². The molecule has 0 radical (unpaired) electrons. The average Bonchev–Trinajstić information content (AvgIpc) is 2.45. The number of carbonyl (C=O) groups is 2. The third-order valence-electron chi connectivity index (χ3n) is 2.70. The van der Waals surface area contributed by atoms with Crippen LogP contribution in [0.15, 0.2) is 18.2 Å². The van der Waals surface area contributed by atoms with Gasteiger partial charge in [-0.05, 0) is 24.6 Å². The normalized spacial score (nSPS) is 11.6. The molecule has 0 aliphatic carbocycles. The molecule has 3 N–H and O–H groups in total. The molecule has 0 aliphatic heterocycles.